The molecule has 398 valence electrons. The third-order valence-electron chi connectivity index (χ3n) is 11.9. The van der Waals surface area contributed by atoms with Gasteiger partial charge >= 0.3 is 5.97 Å². The smallest absolute Gasteiger partial charge is 0.305 e. The molecule has 15 N–H and O–H groups in total. The SMILES string of the molecule is CCCC[C@@H](NC(=O)[C@@H](N)Cc1cc2ccccc2[nH]1)C(=O)N[C@H](CC(=O)O)C(=O)N[C@H](Cc1ccccc1)C(=O)NNC(=O)[C@H](Cc1ccccc1)NC(=O)CNC(=O)[C@@H](C)NC(=O)[C@@H](N)Cc1ccc(O)cc1. The molecule has 0 spiro atoms. The molecule has 1 heterocycles. The Labute approximate surface area is 432 Å². The van der Waals surface area contributed by atoms with Gasteiger partial charge in [0.15, 0.2) is 0 Å². The molecule has 0 saturated carbocycles. The maximum Gasteiger partial charge on any atom is 0.305 e. The number of hydrogen-bond acceptors (Lipinski definition) is 12. The van der Waals surface area contributed by atoms with E-state index in [-0.39, 0.29) is 37.9 Å². The van der Waals surface area contributed by atoms with Gasteiger partial charge in [0.2, 0.25) is 35.4 Å². The van der Waals surface area contributed by atoms with E-state index in [1.165, 1.54) is 19.1 Å². The van der Waals surface area contributed by atoms with E-state index in [4.69, 9.17) is 11.5 Å². The monoisotopic (exact) mass is 1030 g/mol. The molecule has 0 fully saturated rings. The molecule has 0 aliphatic rings. The number of aliphatic carboxylic acids is 1. The molecule has 0 unspecified atom stereocenters. The fourth-order valence-electron chi connectivity index (χ4n) is 7.80. The van der Waals surface area contributed by atoms with Gasteiger partial charge in [-0.25, -0.2) is 0 Å². The largest absolute Gasteiger partial charge is 0.508 e. The molecule has 0 aliphatic heterocycles. The highest BCUT2D eigenvalue weighted by Crippen LogP contribution is 2.16. The zero-order valence-electron chi connectivity index (χ0n) is 41.6. The third kappa shape index (κ3) is 18.7. The summed E-state index contributed by atoms with van der Waals surface area (Å²) in [6.07, 6.45) is 0.323. The zero-order chi connectivity index (χ0) is 54.4. The number of rotatable bonds is 27. The number of carbonyl (C=O) groups excluding carboxylic acids is 8. The minimum Gasteiger partial charge on any atom is -0.508 e. The number of benzene rings is 4. The maximum absolute atomic E-state index is 14.0. The Kier molecular flexibility index (Phi) is 21.8. The summed E-state index contributed by atoms with van der Waals surface area (Å²) in [5.74, 6) is -8.03. The van der Waals surface area contributed by atoms with Crippen molar-refractivity contribution in [2.24, 2.45) is 11.5 Å². The summed E-state index contributed by atoms with van der Waals surface area (Å²) in [6.45, 7) is 2.64. The van der Waals surface area contributed by atoms with Gasteiger partial charge < -0.3 is 58.6 Å². The van der Waals surface area contributed by atoms with Crippen LogP contribution in [0.15, 0.2) is 115 Å². The Morgan fingerprint density at radius 2 is 1.05 bits per heavy atom. The van der Waals surface area contributed by atoms with Crippen molar-refractivity contribution in [2.75, 3.05) is 6.54 Å². The zero-order valence-corrected chi connectivity index (χ0v) is 41.6. The number of H-pyrrole nitrogens is 1. The molecule has 0 radical (unpaired) electrons. The predicted molar refractivity (Wildman–Crippen MR) is 276 cm³/mol. The molecule has 4 aromatic carbocycles. The van der Waals surface area contributed by atoms with Gasteiger partial charge in [0.25, 0.3) is 11.8 Å². The van der Waals surface area contributed by atoms with Crippen LogP contribution in [0.1, 0.15) is 61.9 Å². The van der Waals surface area contributed by atoms with Crippen LogP contribution in [0.2, 0.25) is 0 Å². The summed E-state index contributed by atoms with van der Waals surface area (Å²) in [5.41, 5.74) is 20.2. The number of aromatic hydroxyl groups is 1. The van der Waals surface area contributed by atoms with Crippen molar-refractivity contribution in [1.82, 2.24) is 47.7 Å². The second-order valence-corrected chi connectivity index (χ2v) is 18.0. The van der Waals surface area contributed by atoms with Gasteiger partial charge in [-0.1, -0.05) is 111 Å². The van der Waals surface area contributed by atoms with Crippen molar-refractivity contribution in [3.05, 3.63) is 138 Å². The number of aromatic nitrogens is 1. The lowest BCUT2D eigenvalue weighted by molar-refractivity contribution is -0.141. The first-order valence-electron chi connectivity index (χ1n) is 24.4. The van der Waals surface area contributed by atoms with E-state index in [1.807, 2.05) is 37.3 Å². The van der Waals surface area contributed by atoms with Crippen LogP contribution in [-0.4, -0.2) is 117 Å². The van der Waals surface area contributed by atoms with E-state index in [1.54, 1.807) is 72.8 Å². The van der Waals surface area contributed by atoms with Crippen LogP contribution in [0.3, 0.4) is 0 Å². The highest BCUT2D eigenvalue weighted by molar-refractivity contribution is 5.97. The number of hydrazine groups is 1. The van der Waals surface area contributed by atoms with Gasteiger partial charge in [0.1, 0.15) is 36.0 Å². The van der Waals surface area contributed by atoms with Crippen molar-refractivity contribution >= 4 is 64.1 Å². The first-order chi connectivity index (χ1) is 35.9. The molecule has 22 heteroatoms. The van der Waals surface area contributed by atoms with Crippen LogP contribution >= 0.6 is 0 Å². The number of carboxylic acid groups (broad SMARTS) is 1. The Morgan fingerprint density at radius 1 is 0.547 bits per heavy atom. The Bertz CT molecular complexity index is 2720. The summed E-state index contributed by atoms with van der Waals surface area (Å²) in [4.78, 5) is 123. The normalized spacial score (nSPS) is 13.8. The number of hydrogen-bond donors (Lipinski definition) is 13. The molecule has 22 nitrogen and oxygen atoms in total. The number of amides is 8. The van der Waals surface area contributed by atoms with Crippen LogP contribution in [0.5, 0.6) is 5.75 Å². The van der Waals surface area contributed by atoms with E-state index in [0.717, 1.165) is 10.9 Å². The molecule has 0 bridgehead atoms. The number of phenolic OH excluding ortho intramolecular Hbond substituents is 1. The average molecular weight is 1030 g/mol. The Morgan fingerprint density at radius 3 is 1.64 bits per heavy atom. The standard InChI is InChI=1S/C53H65N11O11/c1-3-4-18-41(60-49(71)39(55)28-36-27-35-17-11-12-19-40(35)58-36)50(72)62-44(29-46(67)68)51(73)61-43(26-33-15-9-6-10-16-33)53(75)64-63-52(74)42(25-32-13-7-5-8-14-32)59-45(66)30-56-47(69)31(2)57-48(70)38(54)24-34-20-22-37(65)23-21-34/h5-17,19-23,27,31,38-39,41-44,58,65H,3-4,18,24-26,28-30,54-55H2,1-2H3,(H,56,69)(H,57,70)(H,59,66)(H,60,71)(H,61,73)(H,62,72)(H,63,74)(H,64,75)(H,67,68)/t31-,38+,39+,41-,42+,43-,44-/m1/s1. The summed E-state index contributed by atoms with van der Waals surface area (Å²) < 4.78 is 0. The molecule has 75 heavy (non-hydrogen) atoms. The van der Waals surface area contributed by atoms with E-state index in [9.17, 15) is 53.4 Å². The number of fused-ring (bicyclic) bond motifs is 1. The quantitative estimate of drug-likeness (QED) is 0.0313. The van der Waals surface area contributed by atoms with Gasteiger partial charge in [-0.15, -0.1) is 0 Å². The van der Waals surface area contributed by atoms with Gasteiger partial charge in [0.05, 0.1) is 25.0 Å². The van der Waals surface area contributed by atoms with E-state index in [2.05, 4.69) is 47.7 Å². The number of carboxylic acids is 1. The van der Waals surface area contributed by atoms with Gasteiger partial charge in [0, 0.05) is 30.5 Å². The molecule has 0 aliphatic carbocycles. The van der Waals surface area contributed by atoms with Crippen LogP contribution < -0.4 is 54.2 Å². The van der Waals surface area contributed by atoms with Crippen molar-refractivity contribution < 1.29 is 53.4 Å². The Hall–Kier alpha value is -8.63. The summed E-state index contributed by atoms with van der Waals surface area (Å²) in [5, 5.41) is 35.3. The topological polar surface area (TPSA) is 358 Å². The van der Waals surface area contributed by atoms with Crippen molar-refractivity contribution in [3.8, 4) is 5.75 Å². The highest BCUT2D eigenvalue weighted by Gasteiger charge is 2.33. The fraction of sp³-hybridized carbons (Fsp3) is 0.340. The first-order valence-corrected chi connectivity index (χ1v) is 24.4. The third-order valence-corrected chi connectivity index (χ3v) is 11.9. The number of phenols is 1. The highest BCUT2D eigenvalue weighted by atomic mass is 16.4. The minimum atomic E-state index is -1.74. The summed E-state index contributed by atoms with van der Waals surface area (Å²) >= 11 is 0. The Balaban J connectivity index is 1.22. The summed E-state index contributed by atoms with van der Waals surface area (Å²) in [7, 11) is 0. The molecule has 5 rings (SSSR count). The van der Waals surface area contributed by atoms with Gasteiger partial charge in [-0.05, 0) is 66.1 Å². The van der Waals surface area contributed by atoms with E-state index >= 15 is 0 Å². The molecule has 1 aromatic heterocycles. The summed E-state index contributed by atoms with van der Waals surface area (Å²) in [6, 6.07) is 23.5. The molecular weight excluding hydrogens is 967 g/mol. The van der Waals surface area contributed by atoms with E-state index in [0.29, 0.717) is 35.2 Å². The van der Waals surface area contributed by atoms with Crippen molar-refractivity contribution in [3.63, 3.8) is 0 Å². The second kappa shape index (κ2) is 28.6. The lowest BCUT2D eigenvalue weighted by Gasteiger charge is -2.26. The van der Waals surface area contributed by atoms with Crippen molar-refractivity contribution in [1.29, 1.82) is 0 Å². The lowest BCUT2D eigenvalue weighted by Crippen LogP contribution is -2.60. The lowest BCUT2D eigenvalue weighted by atomic mass is 10.0. The number of para-hydroxylation sites is 1. The minimum absolute atomic E-state index is 0.0468. The number of unbranched alkanes of at least 4 members (excludes halogenated alkanes) is 1. The van der Waals surface area contributed by atoms with Crippen LogP contribution in [0.25, 0.3) is 10.9 Å². The number of nitrogens with one attached hydrogen (secondary N) is 9. The van der Waals surface area contributed by atoms with Gasteiger partial charge in [-0.3, -0.25) is 54.0 Å². The average Bonchev–Trinajstić information content (AvgIpc) is 3.81. The van der Waals surface area contributed by atoms with E-state index < -0.39 is 108 Å². The number of nitrogens with two attached hydrogens (primary N) is 2. The van der Waals surface area contributed by atoms with Crippen LogP contribution in [-0.2, 0) is 68.8 Å². The number of aromatic amines is 1. The maximum atomic E-state index is 14.0. The van der Waals surface area contributed by atoms with Gasteiger partial charge in [-0.2, -0.15) is 0 Å². The van der Waals surface area contributed by atoms with Crippen molar-refractivity contribution in [2.45, 2.75) is 108 Å². The molecule has 7 atom stereocenters. The molecule has 8 amide bonds. The first kappa shape index (κ1) is 57.3. The number of carbonyl (C=O) groups is 9. The van der Waals surface area contributed by atoms with Crippen LogP contribution in [0, 0.1) is 0 Å². The van der Waals surface area contributed by atoms with Crippen LogP contribution in [0.4, 0.5) is 0 Å². The molecular formula is C53H65N11O11. The molecule has 5 aromatic rings. The fourth-order valence-corrected chi connectivity index (χ4v) is 7.80. The molecule has 0 saturated heterocycles. The second-order valence-electron chi connectivity index (χ2n) is 18.0. The predicted octanol–water partition coefficient (Wildman–Crippen LogP) is 0.171.